The molecule has 0 spiro atoms. The van der Waals surface area contributed by atoms with Crippen LogP contribution >= 0.6 is 22.6 Å². The number of carbonyl (C=O) groups is 1. The van der Waals surface area contributed by atoms with Crippen LogP contribution in [0.2, 0.25) is 0 Å². The lowest BCUT2D eigenvalue weighted by atomic mass is 10.1. The van der Waals surface area contributed by atoms with Crippen molar-refractivity contribution in [2.24, 2.45) is 0 Å². The smallest absolute Gasteiger partial charge is 0.256 e. The summed E-state index contributed by atoms with van der Waals surface area (Å²) in [5.74, 6) is 1.06. The fourth-order valence-electron chi connectivity index (χ4n) is 2.73. The Balaban J connectivity index is 1.63. The van der Waals surface area contributed by atoms with Crippen LogP contribution in [0.5, 0.6) is 5.75 Å². The first-order valence-electron chi connectivity index (χ1n) is 8.25. The Morgan fingerprint density at radius 2 is 1.93 bits per heavy atom. The molecule has 1 aromatic heterocycles. The third-order valence-corrected chi connectivity index (χ3v) is 5.02. The van der Waals surface area contributed by atoms with Gasteiger partial charge in [0.25, 0.3) is 5.91 Å². The number of methoxy groups -OCH3 is 1. The molecule has 1 heterocycles. The van der Waals surface area contributed by atoms with Crippen molar-refractivity contribution in [2.75, 3.05) is 12.4 Å². The number of carbonyl (C=O) groups excluding carboxylic acids is 1. The fraction of sp³-hybridized carbons (Fsp3) is 0.0476. The van der Waals surface area contributed by atoms with E-state index in [9.17, 15) is 4.79 Å². The second-order valence-electron chi connectivity index (χ2n) is 5.87. The van der Waals surface area contributed by atoms with Gasteiger partial charge in [-0.15, -0.1) is 0 Å². The van der Waals surface area contributed by atoms with Gasteiger partial charge in [0.2, 0.25) is 5.89 Å². The number of ether oxygens (including phenoxy) is 1. The number of hydrogen-bond donors (Lipinski definition) is 1. The second-order valence-corrected chi connectivity index (χ2v) is 7.03. The maximum atomic E-state index is 12.5. The first kappa shape index (κ1) is 17.5. The summed E-state index contributed by atoms with van der Waals surface area (Å²) in [6.45, 7) is 0. The maximum Gasteiger partial charge on any atom is 0.256 e. The summed E-state index contributed by atoms with van der Waals surface area (Å²) in [6.07, 6.45) is 0. The van der Waals surface area contributed by atoms with Gasteiger partial charge >= 0.3 is 0 Å². The SMILES string of the molecule is COc1ccc2oc(-c3cccc(NC(=O)c4ccccc4I)c3)nc2c1. The highest BCUT2D eigenvalue weighted by atomic mass is 127. The molecule has 0 bridgehead atoms. The fourth-order valence-corrected chi connectivity index (χ4v) is 3.36. The van der Waals surface area contributed by atoms with Gasteiger partial charge in [0.05, 0.1) is 12.7 Å². The molecule has 5 nitrogen and oxygen atoms in total. The molecule has 0 saturated heterocycles. The van der Waals surface area contributed by atoms with Gasteiger partial charge in [0.1, 0.15) is 11.3 Å². The number of nitrogens with one attached hydrogen (secondary N) is 1. The quantitative estimate of drug-likeness (QED) is 0.408. The van der Waals surface area contributed by atoms with Crippen molar-refractivity contribution in [3.05, 3.63) is 75.9 Å². The number of rotatable bonds is 4. The Kier molecular flexibility index (Phi) is 4.81. The summed E-state index contributed by atoms with van der Waals surface area (Å²) < 4.78 is 12.0. The highest BCUT2D eigenvalue weighted by Crippen LogP contribution is 2.28. The Bertz CT molecular complexity index is 1140. The molecule has 4 aromatic rings. The van der Waals surface area contributed by atoms with Gasteiger partial charge in [-0.05, 0) is 65.1 Å². The van der Waals surface area contributed by atoms with E-state index < -0.39 is 0 Å². The molecule has 1 N–H and O–H groups in total. The van der Waals surface area contributed by atoms with Gasteiger partial charge in [0, 0.05) is 20.9 Å². The maximum absolute atomic E-state index is 12.5. The monoisotopic (exact) mass is 470 g/mol. The summed E-state index contributed by atoms with van der Waals surface area (Å²) >= 11 is 2.15. The summed E-state index contributed by atoms with van der Waals surface area (Å²) in [5.41, 5.74) is 3.50. The molecule has 0 aliphatic heterocycles. The van der Waals surface area contributed by atoms with Crippen LogP contribution in [0.25, 0.3) is 22.6 Å². The second kappa shape index (κ2) is 7.40. The molecule has 0 saturated carbocycles. The molecule has 6 heteroatoms. The van der Waals surface area contributed by atoms with Crippen LogP contribution in [-0.4, -0.2) is 18.0 Å². The number of anilines is 1. The highest BCUT2D eigenvalue weighted by Gasteiger charge is 2.12. The average molecular weight is 470 g/mol. The summed E-state index contributed by atoms with van der Waals surface area (Å²) in [5, 5.41) is 2.93. The van der Waals surface area contributed by atoms with Crippen LogP contribution in [0.3, 0.4) is 0 Å². The number of fused-ring (bicyclic) bond motifs is 1. The van der Waals surface area contributed by atoms with Gasteiger partial charge in [0.15, 0.2) is 5.58 Å². The van der Waals surface area contributed by atoms with E-state index in [2.05, 4.69) is 32.9 Å². The number of nitrogens with zero attached hydrogens (tertiary/aromatic N) is 1. The number of halogens is 1. The standard InChI is InChI=1S/C21H15IN2O3/c1-26-15-9-10-19-18(12-15)24-21(27-19)13-5-4-6-14(11-13)23-20(25)16-7-2-3-8-17(16)22/h2-12H,1H3,(H,23,25). The normalized spacial score (nSPS) is 10.7. The number of hydrogen-bond acceptors (Lipinski definition) is 4. The predicted octanol–water partition coefficient (Wildman–Crippen LogP) is 5.36. The van der Waals surface area contributed by atoms with Crippen molar-refractivity contribution >= 4 is 45.3 Å². The van der Waals surface area contributed by atoms with Crippen LogP contribution in [0, 0.1) is 3.57 Å². The molecular formula is C21H15IN2O3. The van der Waals surface area contributed by atoms with E-state index in [1.165, 1.54) is 0 Å². The van der Waals surface area contributed by atoms with Gasteiger partial charge in [-0.1, -0.05) is 18.2 Å². The minimum Gasteiger partial charge on any atom is -0.497 e. The van der Waals surface area contributed by atoms with Crippen LogP contribution < -0.4 is 10.1 Å². The lowest BCUT2D eigenvalue weighted by Gasteiger charge is -2.07. The van der Waals surface area contributed by atoms with Gasteiger partial charge in [-0.3, -0.25) is 4.79 Å². The number of benzene rings is 3. The van der Waals surface area contributed by atoms with E-state index in [0.29, 0.717) is 22.7 Å². The van der Waals surface area contributed by atoms with Crippen molar-refractivity contribution in [3.63, 3.8) is 0 Å². The first-order valence-corrected chi connectivity index (χ1v) is 9.33. The molecule has 4 rings (SSSR count). The van der Waals surface area contributed by atoms with Gasteiger partial charge < -0.3 is 14.5 Å². The summed E-state index contributed by atoms with van der Waals surface area (Å²) in [6, 6.07) is 20.4. The third kappa shape index (κ3) is 3.66. The molecule has 1 amide bonds. The average Bonchev–Trinajstić information content (AvgIpc) is 3.11. The molecule has 0 atom stereocenters. The van der Waals surface area contributed by atoms with Crippen molar-refractivity contribution in [1.82, 2.24) is 4.98 Å². The molecule has 0 aliphatic rings. The Morgan fingerprint density at radius 3 is 2.74 bits per heavy atom. The van der Waals surface area contributed by atoms with Crippen LogP contribution in [0.15, 0.2) is 71.1 Å². The minimum atomic E-state index is -0.153. The Morgan fingerprint density at radius 1 is 1.07 bits per heavy atom. The molecule has 0 unspecified atom stereocenters. The first-order chi connectivity index (χ1) is 13.1. The molecule has 0 fully saturated rings. The zero-order chi connectivity index (χ0) is 18.8. The molecule has 27 heavy (non-hydrogen) atoms. The minimum absolute atomic E-state index is 0.153. The van der Waals surface area contributed by atoms with Crippen molar-refractivity contribution in [1.29, 1.82) is 0 Å². The number of amides is 1. The van der Waals surface area contributed by atoms with Gasteiger partial charge in [-0.25, -0.2) is 4.98 Å². The zero-order valence-electron chi connectivity index (χ0n) is 14.4. The van der Waals surface area contributed by atoms with Crippen LogP contribution in [0.4, 0.5) is 5.69 Å². The number of oxazole rings is 1. The van der Waals surface area contributed by atoms with Gasteiger partial charge in [-0.2, -0.15) is 0 Å². The van der Waals surface area contributed by atoms with E-state index in [0.717, 1.165) is 20.4 Å². The van der Waals surface area contributed by atoms with Crippen molar-refractivity contribution < 1.29 is 13.9 Å². The molecular weight excluding hydrogens is 455 g/mol. The highest BCUT2D eigenvalue weighted by molar-refractivity contribution is 14.1. The predicted molar refractivity (Wildman–Crippen MR) is 113 cm³/mol. The molecule has 3 aromatic carbocycles. The summed E-state index contributed by atoms with van der Waals surface area (Å²) in [4.78, 5) is 17.0. The Hall–Kier alpha value is -2.87. The van der Waals surface area contributed by atoms with Crippen molar-refractivity contribution in [2.45, 2.75) is 0 Å². The molecule has 134 valence electrons. The van der Waals surface area contributed by atoms with Crippen LogP contribution in [-0.2, 0) is 0 Å². The largest absolute Gasteiger partial charge is 0.497 e. The van der Waals surface area contributed by atoms with E-state index in [1.54, 1.807) is 13.2 Å². The number of aromatic nitrogens is 1. The van der Waals surface area contributed by atoms with Crippen LogP contribution in [0.1, 0.15) is 10.4 Å². The third-order valence-electron chi connectivity index (χ3n) is 4.08. The topological polar surface area (TPSA) is 64.4 Å². The van der Waals surface area contributed by atoms with Crippen molar-refractivity contribution in [3.8, 4) is 17.2 Å². The lowest BCUT2D eigenvalue weighted by Crippen LogP contribution is -2.13. The zero-order valence-corrected chi connectivity index (χ0v) is 16.6. The summed E-state index contributed by atoms with van der Waals surface area (Å²) in [7, 11) is 1.61. The van der Waals surface area contributed by atoms with E-state index in [-0.39, 0.29) is 5.91 Å². The Labute approximate surface area is 169 Å². The lowest BCUT2D eigenvalue weighted by molar-refractivity contribution is 0.102. The molecule has 0 radical (unpaired) electrons. The molecule has 0 aliphatic carbocycles. The van der Waals surface area contributed by atoms with E-state index >= 15 is 0 Å². The van der Waals surface area contributed by atoms with E-state index in [1.807, 2.05) is 60.7 Å². The van der Waals surface area contributed by atoms with E-state index in [4.69, 9.17) is 9.15 Å².